The molecule has 268 valence electrons. The Morgan fingerprint density at radius 3 is 2.18 bits per heavy atom. The van der Waals surface area contributed by atoms with Crippen LogP contribution in [0.5, 0.6) is 5.75 Å². The van der Waals surface area contributed by atoms with E-state index in [4.69, 9.17) is 4.74 Å². The second kappa shape index (κ2) is 17.2. The summed E-state index contributed by atoms with van der Waals surface area (Å²) >= 11 is 0. The van der Waals surface area contributed by atoms with Crippen molar-refractivity contribution in [2.75, 3.05) is 13.2 Å². The SMILES string of the molecule is CCCCCCCOc1ccc(-c2cnc(-c3ccc(C[C@H](NC(=O)c4ccc(C(C)(C)C)nc4)C(=O)N4CCC[C@H]4C(=O)O)cc3)nc2)cc1. The summed E-state index contributed by atoms with van der Waals surface area (Å²) in [6, 6.07) is 17.1. The number of aliphatic carboxylic acids is 1. The number of benzene rings is 2. The Bertz CT molecular complexity index is 1750. The fraction of sp³-hybridized carbons (Fsp3) is 0.415. The van der Waals surface area contributed by atoms with Gasteiger partial charge in [0.25, 0.3) is 5.91 Å². The molecular formula is C41H49N5O5. The Morgan fingerprint density at radius 2 is 1.55 bits per heavy atom. The minimum atomic E-state index is -1.04. The number of pyridine rings is 1. The molecule has 1 aliphatic heterocycles. The van der Waals surface area contributed by atoms with Gasteiger partial charge in [-0.3, -0.25) is 14.6 Å². The van der Waals surface area contributed by atoms with Crippen molar-refractivity contribution in [2.45, 2.75) is 96.6 Å². The summed E-state index contributed by atoms with van der Waals surface area (Å²) in [5.74, 6) is -0.501. The molecule has 5 rings (SSSR count). The van der Waals surface area contributed by atoms with E-state index in [1.165, 1.54) is 36.8 Å². The maximum atomic E-state index is 13.8. The normalized spacial score (nSPS) is 15.0. The number of rotatable bonds is 15. The lowest BCUT2D eigenvalue weighted by Gasteiger charge is -2.27. The smallest absolute Gasteiger partial charge is 0.326 e. The molecule has 2 amide bonds. The van der Waals surface area contributed by atoms with Crippen LogP contribution in [0.25, 0.3) is 22.5 Å². The van der Waals surface area contributed by atoms with Crippen LogP contribution in [0, 0.1) is 0 Å². The zero-order valence-corrected chi connectivity index (χ0v) is 30.1. The van der Waals surface area contributed by atoms with E-state index in [-0.39, 0.29) is 11.8 Å². The van der Waals surface area contributed by atoms with Gasteiger partial charge in [-0.05, 0) is 54.7 Å². The second-order valence-electron chi connectivity index (χ2n) is 14.2. The monoisotopic (exact) mass is 691 g/mol. The Labute approximate surface area is 300 Å². The van der Waals surface area contributed by atoms with Crippen LogP contribution in [0.3, 0.4) is 0 Å². The molecule has 1 fully saturated rings. The Kier molecular flexibility index (Phi) is 12.5. The summed E-state index contributed by atoms with van der Waals surface area (Å²) in [6.45, 7) is 9.38. The molecule has 0 radical (unpaired) electrons. The average molecular weight is 692 g/mol. The molecule has 2 aromatic heterocycles. The number of unbranched alkanes of at least 4 members (excludes halogenated alkanes) is 4. The molecule has 0 aliphatic carbocycles. The zero-order valence-electron chi connectivity index (χ0n) is 30.1. The minimum absolute atomic E-state index is 0.178. The summed E-state index contributed by atoms with van der Waals surface area (Å²) in [5.41, 5.74) is 4.47. The van der Waals surface area contributed by atoms with Gasteiger partial charge in [0, 0.05) is 53.8 Å². The first-order chi connectivity index (χ1) is 24.5. The third-order valence-corrected chi connectivity index (χ3v) is 9.23. The van der Waals surface area contributed by atoms with E-state index in [9.17, 15) is 19.5 Å². The number of nitrogens with zero attached hydrogens (tertiary/aromatic N) is 4. The van der Waals surface area contributed by atoms with E-state index in [1.54, 1.807) is 18.5 Å². The fourth-order valence-electron chi connectivity index (χ4n) is 6.19. The van der Waals surface area contributed by atoms with Gasteiger partial charge < -0.3 is 20.1 Å². The lowest BCUT2D eigenvalue weighted by Crippen LogP contribution is -2.52. The van der Waals surface area contributed by atoms with Gasteiger partial charge in [0.2, 0.25) is 5.91 Å². The van der Waals surface area contributed by atoms with Crippen LogP contribution in [0.15, 0.2) is 79.3 Å². The van der Waals surface area contributed by atoms with Crippen molar-refractivity contribution < 1.29 is 24.2 Å². The van der Waals surface area contributed by atoms with Gasteiger partial charge >= 0.3 is 5.97 Å². The van der Waals surface area contributed by atoms with E-state index in [0.717, 1.165) is 46.7 Å². The molecule has 2 N–H and O–H groups in total. The second-order valence-corrected chi connectivity index (χ2v) is 14.2. The lowest BCUT2D eigenvalue weighted by atomic mass is 9.91. The van der Waals surface area contributed by atoms with Gasteiger partial charge in [-0.25, -0.2) is 14.8 Å². The Hall–Kier alpha value is -5.12. The lowest BCUT2D eigenvalue weighted by molar-refractivity contribution is -0.148. The van der Waals surface area contributed by atoms with E-state index < -0.39 is 29.9 Å². The number of hydrogen-bond donors (Lipinski definition) is 2. The van der Waals surface area contributed by atoms with Crippen LogP contribution in [-0.2, 0) is 21.4 Å². The highest BCUT2D eigenvalue weighted by atomic mass is 16.5. The number of hydrogen-bond acceptors (Lipinski definition) is 7. The third kappa shape index (κ3) is 9.99. The summed E-state index contributed by atoms with van der Waals surface area (Å²) in [5, 5.41) is 12.6. The molecule has 2 atom stereocenters. The van der Waals surface area contributed by atoms with Gasteiger partial charge in [-0.2, -0.15) is 0 Å². The molecule has 1 saturated heterocycles. The summed E-state index contributed by atoms with van der Waals surface area (Å²) in [6.07, 6.45) is 12.3. The van der Waals surface area contributed by atoms with Gasteiger partial charge in [0.15, 0.2) is 5.82 Å². The van der Waals surface area contributed by atoms with Crippen molar-refractivity contribution in [1.29, 1.82) is 0 Å². The Morgan fingerprint density at radius 1 is 0.863 bits per heavy atom. The van der Waals surface area contributed by atoms with Crippen LogP contribution in [0.4, 0.5) is 0 Å². The van der Waals surface area contributed by atoms with Crippen LogP contribution in [-0.4, -0.2) is 68.0 Å². The van der Waals surface area contributed by atoms with Crippen molar-refractivity contribution in [1.82, 2.24) is 25.2 Å². The molecule has 10 nitrogen and oxygen atoms in total. The first-order valence-corrected chi connectivity index (χ1v) is 18.0. The van der Waals surface area contributed by atoms with Crippen LogP contribution in [0.2, 0.25) is 0 Å². The number of ether oxygens (including phenoxy) is 1. The number of carbonyl (C=O) groups is 3. The predicted molar refractivity (Wildman–Crippen MR) is 197 cm³/mol. The van der Waals surface area contributed by atoms with Crippen molar-refractivity contribution >= 4 is 17.8 Å². The standard InChI is InChI=1S/C41H49N5O5/c1-5-6-7-8-9-23-51-33-19-16-29(17-20-33)32-26-43-37(44-27-32)30-14-12-28(13-15-30)24-34(39(48)46-22-10-11-35(46)40(49)50)45-38(47)31-18-21-36(42-25-31)41(2,3)4/h12-21,25-27,34-35H,5-11,22-24H2,1-4H3,(H,45,47)(H,49,50)/t34-,35-/m0/s1. The molecule has 3 heterocycles. The highest BCUT2D eigenvalue weighted by Gasteiger charge is 2.37. The molecule has 2 aromatic carbocycles. The summed E-state index contributed by atoms with van der Waals surface area (Å²) in [4.78, 5) is 54.0. The van der Waals surface area contributed by atoms with Gasteiger partial charge in [0.05, 0.1) is 12.2 Å². The third-order valence-electron chi connectivity index (χ3n) is 9.23. The van der Waals surface area contributed by atoms with Crippen molar-refractivity contribution in [2.24, 2.45) is 0 Å². The molecule has 4 aromatic rings. The van der Waals surface area contributed by atoms with Crippen LogP contribution in [0.1, 0.15) is 94.3 Å². The topological polar surface area (TPSA) is 135 Å². The van der Waals surface area contributed by atoms with Crippen molar-refractivity contribution in [3.05, 3.63) is 96.1 Å². The largest absolute Gasteiger partial charge is 0.494 e. The molecule has 0 bridgehead atoms. The summed E-state index contributed by atoms with van der Waals surface area (Å²) < 4.78 is 5.89. The number of amides is 2. The van der Waals surface area contributed by atoms with Crippen molar-refractivity contribution in [3.63, 3.8) is 0 Å². The highest BCUT2D eigenvalue weighted by Crippen LogP contribution is 2.25. The quantitative estimate of drug-likeness (QED) is 0.124. The first kappa shape index (κ1) is 37.1. The number of carbonyl (C=O) groups excluding carboxylic acids is 2. The molecule has 0 unspecified atom stereocenters. The van der Waals surface area contributed by atoms with Crippen LogP contribution >= 0.6 is 0 Å². The summed E-state index contributed by atoms with van der Waals surface area (Å²) in [7, 11) is 0. The molecule has 0 spiro atoms. The van der Waals surface area contributed by atoms with E-state index in [0.29, 0.717) is 30.8 Å². The molecule has 0 saturated carbocycles. The average Bonchev–Trinajstić information content (AvgIpc) is 3.64. The van der Waals surface area contributed by atoms with Gasteiger partial charge in [-0.15, -0.1) is 0 Å². The molecule has 51 heavy (non-hydrogen) atoms. The number of nitrogens with one attached hydrogen (secondary N) is 1. The fourth-order valence-corrected chi connectivity index (χ4v) is 6.19. The van der Waals surface area contributed by atoms with E-state index in [2.05, 4.69) is 27.2 Å². The number of likely N-dealkylation sites (tertiary alicyclic amines) is 1. The predicted octanol–water partition coefficient (Wildman–Crippen LogP) is 7.27. The van der Waals surface area contributed by atoms with E-state index >= 15 is 0 Å². The zero-order chi connectivity index (χ0) is 36.4. The molecule has 10 heteroatoms. The number of carboxylic acid groups (broad SMARTS) is 1. The van der Waals surface area contributed by atoms with Gasteiger partial charge in [-0.1, -0.05) is 89.8 Å². The Balaban J connectivity index is 1.25. The van der Waals surface area contributed by atoms with Crippen molar-refractivity contribution in [3.8, 4) is 28.3 Å². The first-order valence-electron chi connectivity index (χ1n) is 18.0. The molecular weight excluding hydrogens is 642 g/mol. The number of carboxylic acids is 1. The highest BCUT2D eigenvalue weighted by molar-refractivity contribution is 5.98. The van der Waals surface area contributed by atoms with E-state index in [1.807, 2.05) is 75.4 Å². The minimum Gasteiger partial charge on any atom is -0.494 e. The molecule has 1 aliphatic rings. The van der Waals surface area contributed by atoms with Crippen LogP contribution < -0.4 is 10.1 Å². The van der Waals surface area contributed by atoms with Gasteiger partial charge in [0.1, 0.15) is 17.8 Å². The number of aromatic nitrogens is 3. The maximum Gasteiger partial charge on any atom is 0.326 e. The maximum absolute atomic E-state index is 13.8.